The maximum absolute atomic E-state index is 10.3. The Bertz CT molecular complexity index is 289. The summed E-state index contributed by atoms with van der Waals surface area (Å²) < 4.78 is 0. The zero-order chi connectivity index (χ0) is 16.6. The van der Waals surface area contributed by atoms with E-state index in [2.05, 4.69) is 13.0 Å². The normalized spacial score (nSPS) is 14.3. The van der Waals surface area contributed by atoms with Crippen molar-refractivity contribution in [2.45, 2.75) is 96.2 Å². The van der Waals surface area contributed by atoms with Crippen LogP contribution in [-0.4, -0.2) is 33.5 Å². The Hall–Kier alpha value is -0.870. The minimum atomic E-state index is -0.735. The van der Waals surface area contributed by atoms with Crippen molar-refractivity contribution < 1.29 is 20.1 Å². The molecule has 130 valence electrons. The van der Waals surface area contributed by atoms with E-state index in [0.29, 0.717) is 12.8 Å². The van der Waals surface area contributed by atoms with Gasteiger partial charge in [-0.05, 0) is 32.1 Å². The highest BCUT2D eigenvalue weighted by atomic mass is 16.4. The maximum atomic E-state index is 10.3. The molecule has 0 saturated carbocycles. The third-order valence-corrected chi connectivity index (χ3v) is 3.85. The van der Waals surface area contributed by atoms with E-state index < -0.39 is 18.2 Å². The zero-order valence-electron chi connectivity index (χ0n) is 14.0. The van der Waals surface area contributed by atoms with Crippen LogP contribution in [-0.2, 0) is 4.79 Å². The molecule has 22 heavy (non-hydrogen) atoms. The van der Waals surface area contributed by atoms with Gasteiger partial charge in [-0.1, -0.05) is 57.6 Å². The van der Waals surface area contributed by atoms with Gasteiger partial charge in [0.05, 0.1) is 12.2 Å². The average molecular weight is 314 g/mol. The Morgan fingerprint density at radius 2 is 1.59 bits per heavy atom. The van der Waals surface area contributed by atoms with Crippen LogP contribution in [0.3, 0.4) is 0 Å². The molecule has 4 nitrogen and oxygen atoms in total. The summed E-state index contributed by atoms with van der Waals surface area (Å²) in [6.45, 7) is 2.18. The molecule has 0 saturated heterocycles. The summed E-state index contributed by atoms with van der Waals surface area (Å²) >= 11 is 0. The van der Waals surface area contributed by atoms with Crippen molar-refractivity contribution in [3.05, 3.63) is 12.2 Å². The fraction of sp³-hybridized carbons (Fsp3) is 0.833. The second kappa shape index (κ2) is 15.0. The molecular formula is C18H34O4. The quantitative estimate of drug-likeness (QED) is 0.315. The molecule has 0 aliphatic carbocycles. The first-order chi connectivity index (χ1) is 10.6. The number of aliphatic carboxylic acids is 1. The first-order valence-corrected chi connectivity index (χ1v) is 8.80. The number of carboxylic acids is 1. The Balaban J connectivity index is 3.49. The van der Waals surface area contributed by atoms with Gasteiger partial charge in [0.25, 0.3) is 0 Å². The molecule has 0 aromatic heterocycles. The van der Waals surface area contributed by atoms with Crippen LogP contribution in [0.1, 0.15) is 84.0 Å². The fourth-order valence-corrected chi connectivity index (χ4v) is 2.38. The predicted octanol–water partition coefficient (Wildman–Crippen LogP) is 4.05. The van der Waals surface area contributed by atoms with Crippen molar-refractivity contribution in [2.75, 3.05) is 0 Å². The van der Waals surface area contributed by atoms with Crippen LogP contribution in [0, 0.1) is 0 Å². The zero-order valence-corrected chi connectivity index (χ0v) is 14.0. The van der Waals surface area contributed by atoms with Crippen LogP contribution in [0.4, 0.5) is 0 Å². The van der Waals surface area contributed by atoms with Crippen molar-refractivity contribution >= 4 is 5.97 Å². The first-order valence-electron chi connectivity index (χ1n) is 8.80. The Kier molecular flexibility index (Phi) is 14.4. The predicted molar refractivity (Wildman–Crippen MR) is 89.9 cm³/mol. The number of aliphatic hydroxyl groups is 2. The molecule has 0 aliphatic heterocycles. The van der Waals surface area contributed by atoms with Gasteiger partial charge in [-0.25, -0.2) is 0 Å². The lowest BCUT2D eigenvalue weighted by Gasteiger charge is -2.16. The number of carbonyl (C=O) groups is 1. The first kappa shape index (κ1) is 21.1. The van der Waals surface area contributed by atoms with Gasteiger partial charge >= 0.3 is 5.97 Å². The smallest absolute Gasteiger partial charge is 0.303 e. The van der Waals surface area contributed by atoms with Gasteiger partial charge in [0.15, 0.2) is 0 Å². The number of hydrogen-bond acceptors (Lipinski definition) is 3. The fourth-order valence-electron chi connectivity index (χ4n) is 2.38. The summed E-state index contributed by atoms with van der Waals surface area (Å²) in [6.07, 6.45) is 13.3. The van der Waals surface area contributed by atoms with Gasteiger partial charge in [-0.15, -0.1) is 0 Å². The van der Waals surface area contributed by atoms with E-state index in [1.54, 1.807) is 0 Å². The number of carboxylic acid groups (broad SMARTS) is 1. The van der Waals surface area contributed by atoms with Crippen molar-refractivity contribution in [1.82, 2.24) is 0 Å². The van der Waals surface area contributed by atoms with E-state index in [0.717, 1.165) is 38.5 Å². The summed E-state index contributed by atoms with van der Waals surface area (Å²) in [4.78, 5) is 10.3. The van der Waals surface area contributed by atoms with E-state index in [1.165, 1.54) is 19.3 Å². The maximum Gasteiger partial charge on any atom is 0.303 e. The molecule has 0 fully saturated rings. The van der Waals surface area contributed by atoms with Crippen LogP contribution < -0.4 is 0 Å². The highest BCUT2D eigenvalue weighted by Crippen LogP contribution is 2.12. The number of aliphatic hydroxyl groups excluding tert-OH is 2. The Morgan fingerprint density at radius 1 is 0.909 bits per heavy atom. The summed E-state index contributed by atoms with van der Waals surface area (Å²) in [5.41, 5.74) is 0. The van der Waals surface area contributed by atoms with Gasteiger partial charge in [0.1, 0.15) is 0 Å². The van der Waals surface area contributed by atoms with E-state index in [9.17, 15) is 15.0 Å². The average Bonchev–Trinajstić information content (AvgIpc) is 2.49. The molecule has 0 amide bonds. The van der Waals surface area contributed by atoms with Gasteiger partial charge in [-0.3, -0.25) is 4.79 Å². The van der Waals surface area contributed by atoms with Crippen LogP contribution in [0.5, 0.6) is 0 Å². The van der Waals surface area contributed by atoms with E-state index in [4.69, 9.17) is 5.11 Å². The van der Waals surface area contributed by atoms with Crippen molar-refractivity contribution in [2.24, 2.45) is 0 Å². The van der Waals surface area contributed by atoms with E-state index in [-0.39, 0.29) is 6.42 Å². The molecular weight excluding hydrogens is 280 g/mol. The second-order valence-corrected chi connectivity index (χ2v) is 6.04. The lowest BCUT2D eigenvalue weighted by Crippen LogP contribution is -2.25. The third kappa shape index (κ3) is 14.1. The number of hydrogen-bond donors (Lipinski definition) is 3. The minimum Gasteiger partial charge on any atom is -0.481 e. The molecule has 0 heterocycles. The molecule has 0 spiro atoms. The number of unbranched alkanes of at least 4 members (excludes halogenated alkanes) is 7. The van der Waals surface area contributed by atoms with Crippen LogP contribution in [0.25, 0.3) is 0 Å². The summed E-state index contributed by atoms with van der Waals surface area (Å²) in [6, 6.07) is 0. The van der Waals surface area contributed by atoms with Crippen molar-refractivity contribution in [3.8, 4) is 0 Å². The van der Waals surface area contributed by atoms with Crippen LogP contribution in [0.15, 0.2) is 12.2 Å². The van der Waals surface area contributed by atoms with Crippen LogP contribution in [0.2, 0.25) is 0 Å². The standard InChI is InChI=1S/C18H34O4/c1-2-3-4-5-7-10-13-16(19)17(20)14-11-8-6-9-12-15-18(21)22/h7,10,16-17,19-20H,2-6,8-9,11-15H2,1H3,(H,21,22)/b10-7+. The van der Waals surface area contributed by atoms with Crippen molar-refractivity contribution in [3.63, 3.8) is 0 Å². The lowest BCUT2D eigenvalue weighted by atomic mass is 10.0. The van der Waals surface area contributed by atoms with E-state index in [1.807, 2.05) is 6.08 Å². The third-order valence-electron chi connectivity index (χ3n) is 3.85. The summed E-state index contributed by atoms with van der Waals surface area (Å²) in [5, 5.41) is 28.2. The van der Waals surface area contributed by atoms with Gasteiger partial charge in [0.2, 0.25) is 0 Å². The molecule has 0 radical (unpaired) electrons. The molecule has 3 N–H and O–H groups in total. The van der Waals surface area contributed by atoms with Gasteiger partial charge in [0, 0.05) is 6.42 Å². The van der Waals surface area contributed by atoms with Crippen LogP contribution >= 0.6 is 0 Å². The summed E-state index contributed by atoms with van der Waals surface area (Å²) in [7, 11) is 0. The van der Waals surface area contributed by atoms with E-state index >= 15 is 0 Å². The Morgan fingerprint density at radius 3 is 2.27 bits per heavy atom. The number of allylic oxidation sites excluding steroid dienone is 1. The van der Waals surface area contributed by atoms with Gasteiger partial charge < -0.3 is 15.3 Å². The highest BCUT2D eigenvalue weighted by Gasteiger charge is 2.13. The lowest BCUT2D eigenvalue weighted by molar-refractivity contribution is -0.137. The molecule has 0 bridgehead atoms. The molecule has 0 aliphatic rings. The topological polar surface area (TPSA) is 77.8 Å². The SMILES string of the molecule is CCCCC/C=C/CC(O)C(O)CCCCCCCC(=O)O. The number of rotatable bonds is 15. The highest BCUT2D eigenvalue weighted by molar-refractivity contribution is 5.66. The molecule has 0 aromatic carbocycles. The monoisotopic (exact) mass is 314 g/mol. The molecule has 4 heteroatoms. The molecule has 0 rings (SSSR count). The minimum absolute atomic E-state index is 0.242. The second-order valence-electron chi connectivity index (χ2n) is 6.04. The largest absolute Gasteiger partial charge is 0.481 e. The molecule has 0 aromatic rings. The molecule has 2 atom stereocenters. The van der Waals surface area contributed by atoms with Crippen molar-refractivity contribution in [1.29, 1.82) is 0 Å². The summed E-state index contributed by atoms with van der Waals surface area (Å²) in [5.74, 6) is -0.735. The Labute approximate surface area is 135 Å². The molecule has 2 unspecified atom stereocenters. The van der Waals surface area contributed by atoms with Gasteiger partial charge in [-0.2, -0.15) is 0 Å².